The summed E-state index contributed by atoms with van der Waals surface area (Å²) in [7, 11) is 0. The lowest BCUT2D eigenvalue weighted by Gasteiger charge is -2.27. The number of nitrogens with zero attached hydrogens (tertiary/aromatic N) is 1. The van der Waals surface area contributed by atoms with Crippen LogP contribution in [0.5, 0.6) is 0 Å². The van der Waals surface area contributed by atoms with Crippen molar-refractivity contribution < 1.29 is 9.47 Å². The van der Waals surface area contributed by atoms with E-state index in [1.54, 1.807) is 0 Å². The number of morpholine rings is 1. The molecule has 0 N–H and O–H groups in total. The van der Waals surface area contributed by atoms with Crippen LogP contribution in [0.3, 0.4) is 0 Å². The summed E-state index contributed by atoms with van der Waals surface area (Å²) in [5, 5.41) is 0. The largest absolute Gasteiger partial charge is 0.379 e. The molecule has 1 fully saturated rings. The number of halogens is 1. The SMILES string of the molecule is Cl.c1cc2c(c(CN3CCOCC3)c1)COC2. The monoisotopic (exact) mass is 255 g/mol. The summed E-state index contributed by atoms with van der Waals surface area (Å²) >= 11 is 0. The van der Waals surface area contributed by atoms with Crippen molar-refractivity contribution in [3.63, 3.8) is 0 Å². The summed E-state index contributed by atoms with van der Waals surface area (Å²) in [5.41, 5.74) is 4.21. The van der Waals surface area contributed by atoms with Gasteiger partial charge < -0.3 is 9.47 Å². The average Bonchev–Trinajstić information content (AvgIpc) is 2.80. The first-order chi connectivity index (χ1) is 7.93. The van der Waals surface area contributed by atoms with Gasteiger partial charge in [0.1, 0.15) is 0 Å². The molecule has 2 aliphatic rings. The Morgan fingerprint density at radius 1 is 1.06 bits per heavy atom. The fourth-order valence-corrected chi connectivity index (χ4v) is 2.42. The normalized spacial score (nSPS) is 19.8. The Hall–Kier alpha value is -0.610. The first-order valence-electron chi connectivity index (χ1n) is 5.91. The number of hydrogen-bond acceptors (Lipinski definition) is 3. The first-order valence-corrected chi connectivity index (χ1v) is 5.91. The van der Waals surface area contributed by atoms with E-state index in [0.29, 0.717) is 0 Å². The molecule has 0 spiro atoms. The van der Waals surface area contributed by atoms with Gasteiger partial charge in [-0.3, -0.25) is 4.90 Å². The molecule has 0 unspecified atom stereocenters. The fraction of sp³-hybridized carbons (Fsp3) is 0.538. The standard InChI is InChI=1S/C13H17NO2.ClH/c1-2-11(8-14-4-6-15-7-5-14)13-10-16-9-12(13)3-1;/h1-3H,4-10H2;1H. The highest BCUT2D eigenvalue weighted by molar-refractivity contribution is 5.85. The number of ether oxygens (including phenoxy) is 2. The number of fused-ring (bicyclic) bond motifs is 1. The third kappa shape index (κ3) is 2.80. The summed E-state index contributed by atoms with van der Waals surface area (Å²) < 4.78 is 10.9. The summed E-state index contributed by atoms with van der Waals surface area (Å²) in [4.78, 5) is 2.46. The van der Waals surface area contributed by atoms with E-state index in [-0.39, 0.29) is 12.4 Å². The van der Waals surface area contributed by atoms with Gasteiger partial charge in [0, 0.05) is 19.6 Å². The highest BCUT2D eigenvalue weighted by Gasteiger charge is 2.17. The van der Waals surface area contributed by atoms with Crippen LogP contribution >= 0.6 is 12.4 Å². The minimum absolute atomic E-state index is 0. The lowest BCUT2D eigenvalue weighted by Crippen LogP contribution is -2.35. The molecule has 3 nitrogen and oxygen atoms in total. The predicted molar refractivity (Wildman–Crippen MR) is 68.3 cm³/mol. The van der Waals surface area contributed by atoms with Crippen molar-refractivity contribution in [2.45, 2.75) is 19.8 Å². The van der Waals surface area contributed by atoms with Crippen molar-refractivity contribution in [2.24, 2.45) is 0 Å². The molecular formula is C13H18ClNO2. The van der Waals surface area contributed by atoms with Crippen LogP contribution in [0.2, 0.25) is 0 Å². The van der Waals surface area contributed by atoms with E-state index < -0.39 is 0 Å². The quantitative estimate of drug-likeness (QED) is 0.807. The number of benzene rings is 1. The van der Waals surface area contributed by atoms with Crippen LogP contribution in [0.1, 0.15) is 16.7 Å². The van der Waals surface area contributed by atoms with E-state index in [4.69, 9.17) is 9.47 Å². The smallest absolute Gasteiger partial charge is 0.0728 e. The van der Waals surface area contributed by atoms with Crippen LogP contribution in [0.4, 0.5) is 0 Å². The second kappa shape index (κ2) is 5.83. The van der Waals surface area contributed by atoms with Gasteiger partial charge in [0.05, 0.1) is 26.4 Å². The van der Waals surface area contributed by atoms with E-state index in [1.807, 2.05) is 0 Å². The lowest BCUT2D eigenvalue weighted by molar-refractivity contribution is 0.0339. The van der Waals surface area contributed by atoms with Crippen molar-refractivity contribution >= 4 is 12.4 Å². The molecule has 17 heavy (non-hydrogen) atoms. The van der Waals surface area contributed by atoms with Crippen molar-refractivity contribution in [1.29, 1.82) is 0 Å². The first kappa shape index (κ1) is 12.8. The van der Waals surface area contributed by atoms with Gasteiger partial charge in [-0.25, -0.2) is 0 Å². The molecule has 4 heteroatoms. The van der Waals surface area contributed by atoms with Crippen LogP contribution in [-0.4, -0.2) is 31.2 Å². The third-order valence-corrected chi connectivity index (χ3v) is 3.37. The van der Waals surface area contributed by atoms with Gasteiger partial charge in [0.15, 0.2) is 0 Å². The molecule has 3 rings (SSSR count). The van der Waals surface area contributed by atoms with E-state index in [1.165, 1.54) is 16.7 Å². The number of rotatable bonds is 2. The molecule has 0 saturated carbocycles. The lowest BCUT2D eigenvalue weighted by atomic mass is 10.0. The second-order valence-electron chi connectivity index (χ2n) is 4.44. The van der Waals surface area contributed by atoms with Crippen molar-refractivity contribution in [3.8, 4) is 0 Å². The Morgan fingerprint density at radius 2 is 1.88 bits per heavy atom. The Balaban J connectivity index is 0.00000108. The summed E-state index contributed by atoms with van der Waals surface area (Å²) in [6.45, 7) is 6.43. The zero-order valence-corrected chi connectivity index (χ0v) is 10.7. The molecule has 94 valence electrons. The summed E-state index contributed by atoms with van der Waals surface area (Å²) in [6.07, 6.45) is 0. The average molecular weight is 256 g/mol. The molecule has 0 amide bonds. The molecule has 2 heterocycles. The maximum Gasteiger partial charge on any atom is 0.0728 e. The van der Waals surface area contributed by atoms with Crippen LogP contribution < -0.4 is 0 Å². The molecule has 2 aliphatic heterocycles. The zero-order chi connectivity index (χ0) is 10.8. The van der Waals surface area contributed by atoms with Gasteiger partial charge >= 0.3 is 0 Å². The highest BCUT2D eigenvalue weighted by Crippen LogP contribution is 2.24. The van der Waals surface area contributed by atoms with Crippen molar-refractivity contribution in [2.75, 3.05) is 26.3 Å². The van der Waals surface area contributed by atoms with Crippen LogP contribution in [-0.2, 0) is 29.2 Å². The van der Waals surface area contributed by atoms with Crippen LogP contribution in [0.15, 0.2) is 18.2 Å². The molecular weight excluding hydrogens is 238 g/mol. The molecule has 1 saturated heterocycles. The molecule has 0 aliphatic carbocycles. The highest BCUT2D eigenvalue weighted by atomic mass is 35.5. The molecule has 0 aromatic heterocycles. The number of hydrogen-bond donors (Lipinski definition) is 0. The topological polar surface area (TPSA) is 21.7 Å². The molecule has 0 atom stereocenters. The van der Waals surface area contributed by atoms with Gasteiger partial charge in [-0.15, -0.1) is 12.4 Å². The molecule has 0 radical (unpaired) electrons. The Labute approximate surface area is 108 Å². The van der Waals surface area contributed by atoms with E-state index >= 15 is 0 Å². The molecule has 1 aromatic rings. The predicted octanol–water partition coefficient (Wildman–Crippen LogP) is 1.97. The van der Waals surface area contributed by atoms with Gasteiger partial charge in [-0.1, -0.05) is 18.2 Å². The van der Waals surface area contributed by atoms with E-state index in [0.717, 1.165) is 46.1 Å². The van der Waals surface area contributed by atoms with Crippen molar-refractivity contribution in [3.05, 3.63) is 34.9 Å². The Kier molecular flexibility index (Phi) is 4.40. The Bertz CT molecular complexity index is 378. The van der Waals surface area contributed by atoms with Gasteiger partial charge in [0.25, 0.3) is 0 Å². The van der Waals surface area contributed by atoms with Gasteiger partial charge in [0.2, 0.25) is 0 Å². The van der Waals surface area contributed by atoms with Crippen molar-refractivity contribution in [1.82, 2.24) is 4.90 Å². The van der Waals surface area contributed by atoms with Crippen LogP contribution in [0, 0.1) is 0 Å². The minimum atomic E-state index is 0. The molecule has 1 aromatic carbocycles. The maximum absolute atomic E-state index is 5.50. The molecule has 0 bridgehead atoms. The fourth-order valence-electron chi connectivity index (χ4n) is 2.42. The van der Waals surface area contributed by atoms with E-state index in [9.17, 15) is 0 Å². The minimum Gasteiger partial charge on any atom is -0.379 e. The zero-order valence-electron chi connectivity index (χ0n) is 9.85. The third-order valence-electron chi connectivity index (χ3n) is 3.37. The maximum atomic E-state index is 5.50. The van der Waals surface area contributed by atoms with E-state index in [2.05, 4.69) is 23.1 Å². The summed E-state index contributed by atoms with van der Waals surface area (Å²) in [5.74, 6) is 0. The van der Waals surface area contributed by atoms with Gasteiger partial charge in [-0.05, 0) is 16.7 Å². The summed E-state index contributed by atoms with van der Waals surface area (Å²) in [6, 6.07) is 6.54. The second-order valence-corrected chi connectivity index (χ2v) is 4.44. The van der Waals surface area contributed by atoms with Crippen LogP contribution in [0.25, 0.3) is 0 Å². The Morgan fingerprint density at radius 3 is 2.71 bits per heavy atom. The van der Waals surface area contributed by atoms with Gasteiger partial charge in [-0.2, -0.15) is 0 Å².